The number of nitrogens with two attached hydrogens (primary N) is 1. The second-order valence-electron chi connectivity index (χ2n) is 2.96. The number of nitrogens with zero attached hydrogens (tertiary/aromatic N) is 2. The monoisotopic (exact) mass is 306 g/mol. The van der Waals surface area contributed by atoms with Crippen LogP contribution in [0.15, 0.2) is 15.9 Å². The van der Waals surface area contributed by atoms with Crippen molar-refractivity contribution < 1.29 is 0 Å². The van der Waals surface area contributed by atoms with Gasteiger partial charge in [-0.2, -0.15) is 0 Å². The molecule has 1 rings (SSSR count). The highest BCUT2D eigenvalue weighted by Gasteiger charge is 2.01. The molecule has 76 valence electrons. The topological polar surface area (TPSA) is 74.5 Å². The second-order valence-corrected chi connectivity index (χ2v) is 4.12. The molecule has 0 aromatic carbocycles. The number of hydrogen-bond acceptors (Lipinski definition) is 3. The molecule has 1 heterocycles. The van der Waals surface area contributed by atoms with Gasteiger partial charge in [0.15, 0.2) is 5.82 Å². The standard InChI is InChI=1S/C8H11IN4O/c1-13(2)4-11-7-6(10)3-5(9)8(14)12-7/h3-4H,10H2,1-2H3,(H,12,14). The summed E-state index contributed by atoms with van der Waals surface area (Å²) in [6.45, 7) is 0. The van der Waals surface area contributed by atoms with Crippen molar-refractivity contribution in [3.8, 4) is 0 Å². The summed E-state index contributed by atoms with van der Waals surface area (Å²) in [4.78, 5) is 19.6. The summed E-state index contributed by atoms with van der Waals surface area (Å²) in [5.74, 6) is 0.393. The van der Waals surface area contributed by atoms with Crippen LogP contribution in [0.3, 0.4) is 0 Å². The number of nitrogen functional groups attached to an aromatic ring is 1. The minimum absolute atomic E-state index is 0.175. The third kappa shape index (κ3) is 2.72. The van der Waals surface area contributed by atoms with Crippen LogP contribution in [0.5, 0.6) is 0 Å². The maximum atomic E-state index is 11.2. The Morgan fingerprint density at radius 3 is 2.86 bits per heavy atom. The summed E-state index contributed by atoms with van der Waals surface area (Å²) in [5, 5.41) is 0. The van der Waals surface area contributed by atoms with Crippen molar-refractivity contribution in [2.75, 3.05) is 19.8 Å². The normalized spacial score (nSPS) is 10.8. The van der Waals surface area contributed by atoms with Crippen molar-refractivity contribution in [3.63, 3.8) is 0 Å². The molecule has 0 atom stereocenters. The highest BCUT2D eigenvalue weighted by atomic mass is 127. The third-order valence-electron chi connectivity index (χ3n) is 1.42. The summed E-state index contributed by atoms with van der Waals surface area (Å²) in [6.07, 6.45) is 1.58. The van der Waals surface area contributed by atoms with Crippen LogP contribution in [-0.4, -0.2) is 30.3 Å². The van der Waals surface area contributed by atoms with Crippen molar-refractivity contribution in [1.29, 1.82) is 0 Å². The van der Waals surface area contributed by atoms with E-state index in [0.717, 1.165) is 0 Å². The van der Waals surface area contributed by atoms with Crippen LogP contribution < -0.4 is 11.3 Å². The van der Waals surface area contributed by atoms with Gasteiger partial charge in [-0.05, 0) is 28.7 Å². The van der Waals surface area contributed by atoms with E-state index in [1.807, 2.05) is 36.7 Å². The molecule has 0 aliphatic heterocycles. The molecular weight excluding hydrogens is 295 g/mol. The van der Waals surface area contributed by atoms with E-state index in [2.05, 4.69) is 9.98 Å². The summed E-state index contributed by atoms with van der Waals surface area (Å²) in [6, 6.07) is 1.60. The minimum Gasteiger partial charge on any atom is -0.396 e. The van der Waals surface area contributed by atoms with Crippen LogP contribution in [0.4, 0.5) is 11.5 Å². The first-order valence-corrected chi connectivity index (χ1v) is 4.97. The zero-order valence-electron chi connectivity index (χ0n) is 7.91. The SMILES string of the molecule is CN(C)C=Nc1[nH]c(=O)c(I)cc1N. The Balaban J connectivity index is 3.10. The zero-order chi connectivity index (χ0) is 10.7. The van der Waals surface area contributed by atoms with E-state index in [4.69, 9.17) is 5.73 Å². The fourth-order valence-electron chi connectivity index (χ4n) is 0.790. The predicted octanol–water partition coefficient (Wildman–Crippen LogP) is 0.783. The molecule has 0 aliphatic rings. The van der Waals surface area contributed by atoms with E-state index < -0.39 is 0 Å². The lowest BCUT2D eigenvalue weighted by Crippen LogP contribution is -2.11. The number of aliphatic imine (C=N–C) groups is 1. The number of pyridine rings is 1. The van der Waals surface area contributed by atoms with Crippen LogP contribution >= 0.6 is 22.6 Å². The van der Waals surface area contributed by atoms with Gasteiger partial charge in [0.2, 0.25) is 0 Å². The molecule has 1 aromatic rings. The molecule has 0 aliphatic carbocycles. The predicted molar refractivity (Wildman–Crippen MR) is 66.0 cm³/mol. The average molecular weight is 306 g/mol. The lowest BCUT2D eigenvalue weighted by Gasteiger charge is -2.04. The lowest BCUT2D eigenvalue weighted by atomic mass is 10.4. The third-order valence-corrected chi connectivity index (χ3v) is 2.22. The maximum Gasteiger partial charge on any atom is 0.263 e. The Kier molecular flexibility index (Phi) is 3.50. The molecule has 0 spiro atoms. The summed E-state index contributed by atoms with van der Waals surface area (Å²) < 4.78 is 0.559. The van der Waals surface area contributed by atoms with Crippen molar-refractivity contribution in [2.45, 2.75) is 0 Å². The molecule has 6 heteroatoms. The van der Waals surface area contributed by atoms with E-state index in [1.165, 1.54) is 0 Å². The van der Waals surface area contributed by atoms with Crippen LogP contribution in [-0.2, 0) is 0 Å². The first-order chi connectivity index (χ1) is 6.50. The van der Waals surface area contributed by atoms with Gasteiger partial charge in [-0.15, -0.1) is 0 Å². The fourth-order valence-corrected chi connectivity index (χ4v) is 1.26. The zero-order valence-corrected chi connectivity index (χ0v) is 10.1. The van der Waals surface area contributed by atoms with Crippen molar-refractivity contribution >= 4 is 40.4 Å². The van der Waals surface area contributed by atoms with Crippen molar-refractivity contribution in [1.82, 2.24) is 9.88 Å². The molecule has 0 amide bonds. The molecule has 0 radical (unpaired) electrons. The molecule has 0 saturated heterocycles. The number of rotatable bonds is 2. The molecule has 14 heavy (non-hydrogen) atoms. The van der Waals surface area contributed by atoms with E-state index >= 15 is 0 Å². The van der Waals surface area contributed by atoms with Gasteiger partial charge in [0.25, 0.3) is 5.56 Å². The molecule has 0 unspecified atom stereocenters. The molecule has 0 fully saturated rings. The van der Waals surface area contributed by atoms with Gasteiger partial charge in [-0.3, -0.25) is 4.79 Å². The maximum absolute atomic E-state index is 11.2. The fraction of sp³-hybridized carbons (Fsp3) is 0.250. The van der Waals surface area contributed by atoms with Crippen molar-refractivity contribution in [2.24, 2.45) is 4.99 Å². The first-order valence-electron chi connectivity index (χ1n) is 3.89. The Bertz CT molecular complexity index is 410. The Morgan fingerprint density at radius 2 is 2.29 bits per heavy atom. The first kappa shape index (κ1) is 11.0. The molecular formula is C8H11IN4O. The number of aromatic nitrogens is 1. The quantitative estimate of drug-likeness (QED) is 0.482. The van der Waals surface area contributed by atoms with Crippen LogP contribution in [0.2, 0.25) is 0 Å². The summed E-state index contributed by atoms with van der Waals surface area (Å²) in [7, 11) is 3.68. The molecule has 3 N–H and O–H groups in total. The summed E-state index contributed by atoms with van der Waals surface area (Å²) >= 11 is 1.92. The molecule has 1 aromatic heterocycles. The minimum atomic E-state index is -0.175. The van der Waals surface area contributed by atoms with E-state index in [9.17, 15) is 4.79 Å². The van der Waals surface area contributed by atoms with Crippen LogP contribution in [0, 0.1) is 3.57 Å². The van der Waals surface area contributed by atoms with Crippen LogP contribution in [0.25, 0.3) is 0 Å². The number of H-pyrrole nitrogens is 1. The van der Waals surface area contributed by atoms with E-state index in [-0.39, 0.29) is 5.56 Å². The average Bonchev–Trinajstić information content (AvgIpc) is 2.09. The highest BCUT2D eigenvalue weighted by Crippen LogP contribution is 2.17. The number of nitrogens with one attached hydrogen (secondary N) is 1. The Morgan fingerprint density at radius 1 is 1.64 bits per heavy atom. The Hall–Kier alpha value is -1.05. The van der Waals surface area contributed by atoms with Gasteiger partial charge in [0.1, 0.15) is 0 Å². The van der Waals surface area contributed by atoms with Gasteiger partial charge < -0.3 is 15.6 Å². The Labute approximate surface area is 95.2 Å². The van der Waals surface area contributed by atoms with Gasteiger partial charge in [0.05, 0.1) is 15.6 Å². The second kappa shape index (κ2) is 4.45. The number of halogens is 1. The largest absolute Gasteiger partial charge is 0.396 e. The van der Waals surface area contributed by atoms with Crippen molar-refractivity contribution in [3.05, 3.63) is 20.0 Å². The number of anilines is 1. The van der Waals surface area contributed by atoms with Crippen LogP contribution in [0.1, 0.15) is 0 Å². The van der Waals surface area contributed by atoms with E-state index in [0.29, 0.717) is 15.1 Å². The van der Waals surface area contributed by atoms with Gasteiger partial charge in [-0.1, -0.05) is 0 Å². The van der Waals surface area contributed by atoms with Gasteiger partial charge >= 0.3 is 0 Å². The lowest BCUT2D eigenvalue weighted by molar-refractivity contribution is 0.643. The number of aromatic amines is 1. The van der Waals surface area contributed by atoms with Gasteiger partial charge in [0, 0.05) is 14.1 Å². The smallest absolute Gasteiger partial charge is 0.263 e. The molecule has 0 saturated carbocycles. The van der Waals surface area contributed by atoms with Gasteiger partial charge in [-0.25, -0.2) is 4.99 Å². The number of hydrogen-bond donors (Lipinski definition) is 2. The highest BCUT2D eigenvalue weighted by molar-refractivity contribution is 14.1. The summed E-state index contributed by atoms with van der Waals surface area (Å²) in [5.41, 5.74) is 5.96. The molecule has 0 bridgehead atoms. The van der Waals surface area contributed by atoms with E-state index in [1.54, 1.807) is 17.3 Å². The molecule has 5 nitrogen and oxygen atoms in total.